The van der Waals surface area contributed by atoms with Crippen LogP contribution in [0.15, 0.2) is 12.1 Å². The first kappa shape index (κ1) is 12.9. The molecule has 0 unspecified atom stereocenters. The van der Waals surface area contributed by atoms with Crippen molar-refractivity contribution in [3.05, 3.63) is 23.4 Å². The molecule has 2 heterocycles. The molecule has 0 spiro atoms. The van der Waals surface area contributed by atoms with Crippen molar-refractivity contribution in [1.82, 2.24) is 4.98 Å². The van der Waals surface area contributed by atoms with Gasteiger partial charge in [-0.05, 0) is 56.1 Å². The standard InChI is InChI=1S/C16H24N2O.H2/c1-12-10-15(11-12)19-9-3-5-14-7-6-13-4-2-8-17-16(13)18-14;/h6-7,12,15H,2-5,8-11H2,1H3,(H,17,18);1H. The zero-order chi connectivity index (χ0) is 13.1. The van der Waals surface area contributed by atoms with E-state index < -0.39 is 0 Å². The number of anilines is 1. The molecule has 1 saturated carbocycles. The molecule has 1 aromatic rings. The van der Waals surface area contributed by atoms with Crippen LogP contribution in [0.1, 0.15) is 45.3 Å². The molecule has 19 heavy (non-hydrogen) atoms. The predicted octanol–water partition coefficient (Wildman–Crippen LogP) is 3.43. The lowest BCUT2D eigenvalue weighted by Crippen LogP contribution is -2.29. The Morgan fingerprint density at radius 3 is 3.16 bits per heavy atom. The molecule has 1 N–H and O–H groups in total. The summed E-state index contributed by atoms with van der Waals surface area (Å²) in [4.78, 5) is 4.71. The Morgan fingerprint density at radius 2 is 2.32 bits per heavy atom. The van der Waals surface area contributed by atoms with Crippen molar-refractivity contribution in [3.63, 3.8) is 0 Å². The Kier molecular flexibility index (Phi) is 4.02. The first-order chi connectivity index (χ1) is 9.31. The van der Waals surface area contributed by atoms with Gasteiger partial charge in [0.15, 0.2) is 0 Å². The van der Waals surface area contributed by atoms with Crippen LogP contribution in [0.25, 0.3) is 0 Å². The number of rotatable bonds is 5. The zero-order valence-corrected chi connectivity index (χ0v) is 11.8. The van der Waals surface area contributed by atoms with Gasteiger partial charge in [-0.15, -0.1) is 0 Å². The smallest absolute Gasteiger partial charge is 0.129 e. The van der Waals surface area contributed by atoms with Gasteiger partial charge < -0.3 is 10.1 Å². The van der Waals surface area contributed by atoms with E-state index in [0.717, 1.165) is 37.7 Å². The van der Waals surface area contributed by atoms with Crippen molar-refractivity contribution < 1.29 is 6.16 Å². The van der Waals surface area contributed by atoms with Gasteiger partial charge in [-0.2, -0.15) is 0 Å². The molecule has 0 radical (unpaired) electrons. The molecule has 0 aromatic carbocycles. The van der Waals surface area contributed by atoms with E-state index in [9.17, 15) is 0 Å². The van der Waals surface area contributed by atoms with E-state index in [4.69, 9.17) is 9.72 Å². The lowest BCUT2D eigenvalue weighted by molar-refractivity contribution is -0.0260. The summed E-state index contributed by atoms with van der Waals surface area (Å²) in [5.74, 6) is 1.98. The van der Waals surface area contributed by atoms with Gasteiger partial charge in [-0.3, -0.25) is 0 Å². The average molecular weight is 262 g/mol. The number of fused-ring (bicyclic) bond motifs is 1. The van der Waals surface area contributed by atoms with Gasteiger partial charge in [0, 0.05) is 20.3 Å². The summed E-state index contributed by atoms with van der Waals surface area (Å²) >= 11 is 0. The van der Waals surface area contributed by atoms with E-state index >= 15 is 0 Å². The molecule has 0 amide bonds. The highest BCUT2D eigenvalue weighted by Crippen LogP contribution is 2.29. The summed E-state index contributed by atoms with van der Waals surface area (Å²) in [6.45, 7) is 4.24. The van der Waals surface area contributed by atoms with Crippen molar-refractivity contribution in [2.24, 2.45) is 5.92 Å². The summed E-state index contributed by atoms with van der Waals surface area (Å²) in [5, 5.41) is 3.39. The third-order valence-corrected chi connectivity index (χ3v) is 4.21. The molecule has 3 rings (SSSR count). The van der Waals surface area contributed by atoms with Gasteiger partial charge in [-0.25, -0.2) is 4.98 Å². The lowest BCUT2D eigenvalue weighted by atomic mass is 9.84. The Balaban J connectivity index is 0.00000147. The van der Waals surface area contributed by atoms with E-state index in [1.807, 2.05) is 0 Å². The maximum absolute atomic E-state index is 5.84. The van der Waals surface area contributed by atoms with Crippen LogP contribution in [0.5, 0.6) is 0 Å². The number of hydrogen-bond donors (Lipinski definition) is 1. The summed E-state index contributed by atoms with van der Waals surface area (Å²) in [5.41, 5.74) is 2.56. The van der Waals surface area contributed by atoms with Crippen LogP contribution in [0, 0.1) is 5.92 Å². The van der Waals surface area contributed by atoms with Crippen LogP contribution < -0.4 is 5.32 Å². The molecule has 0 saturated heterocycles. The highest BCUT2D eigenvalue weighted by molar-refractivity contribution is 5.46. The number of aromatic nitrogens is 1. The lowest BCUT2D eigenvalue weighted by Gasteiger charge is -2.32. The molecule has 106 valence electrons. The van der Waals surface area contributed by atoms with Crippen LogP contribution in [0.4, 0.5) is 5.82 Å². The fourth-order valence-electron chi connectivity index (χ4n) is 2.98. The average Bonchev–Trinajstić information content (AvgIpc) is 2.41. The Labute approximate surface area is 117 Å². The van der Waals surface area contributed by atoms with Crippen molar-refractivity contribution in [2.45, 2.75) is 51.6 Å². The fraction of sp³-hybridized carbons (Fsp3) is 0.688. The van der Waals surface area contributed by atoms with Crippen LogP contribution in [-0.2, 0) is 17.6 Å². The number of aryl methyl sites for hydroxylation is 2. The number of ether oxygens (including phenoxy) is 1. The van der Waals surface area contributed by atoms with Crippen LogP contribution in [-0.4, -0.2) is 24.2 Å². The largest absolute Gasteiger partial charge is 0.378 e. The summed E-state index contributed by atoms with van der Waals surface area (Å²) in [6.07, 6.45) is 7.53. The van der Waals surface area contributed by atoms with Crippen molar-refractivity contribution in [2.75, 3.05) is 18.5 Å². The highest BCUT2D eigenvalue weighted by atomic mass is 16.5. The second-order valence-corrected chi connectivity index (χ2v) is 6.01. The molecule has 3 heteroatoms. The normalized spacial score (nSPS) is 25.3. The monoisotopic (exact) mass is 262 g/mol. The van der Waals surface area contributed by atoms with E-state index in [0.29, 0.717) is 6.10 Å². The Hall–Kier alpha value is -1.09. The first-order valence-electron chi connectivity index (χ1n) is 7.65. The second-order valence-electron chi connectivity index (χ2n) is 6.01. The van der Waals surface area contributed by atoms with Crippen molar-refractivity contribution in [3.8, 4) is 0 Å². The van der Waals surface area contributed by atoms with Crippen LogP contribution in [0.3, 0.4) is 0 Å². The maximum Gasteiger partial charge on any atom is 0.129 e. The summed E-state index contributed by atoms with van der Waals surface area (Å²) in [6, 6.07) is 4.41. The molecule has 0 atom stereocenters. The minimum absolute atomic E-state index is 0. The quantitative estimate of drug-likeness (QED) is 0.825. The third kappa shape index (κ3) is 3.27. The molecule has 3 nitrogen and oxygen atoms in total. The SMILES string of the molecule is CC1CC(OCCCc2ccc3c(n2)NCCC3)C1.[HH]. The molecule has 0 bridgehead atoms. The maximum atomic E-state index is 5.84. The molecular weight excluding hydrogens is 236 g/mol. The van der Waals surface area contributed by atoms with Crippen molar-refractivity contribution in [1.29, 1.82) is 0 Å². The minimum Gasteiger partial charge on any atom is -0.378 e. The number of nitrogens with one attached hydrogen (secondary N) is 1. The topological polar surface area (TPSA) is 34.1 Å². The molecule has 1 aliphatic carbocycles. The number of nitrogens with zero attached hydrogens (tertiary/aromatic N) is 1. The van der Waals surface area contributed by atoms with Crippen LogP contribution in [0.2, 0.25) is 0 Å². The third-order valence-electron chi connectivity index (χ3n) is 4.21. The number of hydrogen-bond acceptors (Lipinski definition) is 3. The van der Waals surface area contributed by atoms with Gasteiger partial charge in [0.25, 0.3) is 0 Å². The summed E-state index contributed by atoms with van der Waals surface area (Å²) < 4.78 is 5.84. The van der Waals surface area contributed by atoms with Crippen LogP contribution >= 0.6 is 0 Å². The van der Waals surface area contributed by atoms with Gasteiger partial charge >= 0.3 is 0 Å². The van der Waals surface area contributed by atoms with Gasteiger partial charge in [0.2, 0.25) is 0 Å². The van der Waals surface area contributed by atoms with Crippen molar-refractivity contribution >= 4 is 5.82 Å². The van der Waals surface area contributed by atoms with E-state index in [-0.39, 0.29) is 1.43 Å². The zero-order valence-electron chi connectivity index (χ0n) is 11.8. The Bertz CT molecular complexity index is 432. The number of pyridine rings is 1. The first-order valence-corrected chi connectivity index (χ1v) is 7.65. The highest BCUT2D eigenvalue weighted by Gasteiger charge is 2.25. The molecular formula is C16H26N2O. The Morgan fingerprint density at radius 1 is 1.42 bits per heavy atom. The molecule has 1 aliphatic heterocycles. The molecule has 1 fully saturated rings. The molecule has 1 aromatic heterocycles. The van der Waals surface area contributed by atoms with E-state index in [2.05, 4.69) is 24.4 Å². The van der Waals surface area contributed by atoms with Gasteiger partial charge in [0.05, 0.1) is 6.10 Å². The second kappa shape index (κ2) is 5.91. The predicted molar refractivity (Wildman–Crippen MR) is 79.6 cm³/mol. The fourth-order valence-corrected chi connectivity index (χ4v) is 2.98. The summed E-state index contributed by atoms with van der Waals surface area (Å²) in [7, 11) is 0. The molecule has 2 aliphatic rings. The van der Waals surface area contributed by atoms with Gasteiger partial charge in [0.1, 0.15) is 5.82 Å². The minimum atomic E-state index is 0. The van der Waals surface area contributed by atoms with E-state index in [1.165, 1.54) is 36.9 Å². The van der Waals surface area contributed by atoms with E-state index in [1.54, 1.807) is 0 Å². The van der Waals surface area contributed by atoms with Gasteiger partial charge in [-0.1, -0.05) is 13.0 Å².